The Morgan fingerprint density at radius 1 is 1.50 bits per heavy atom. The average Bonchev–Trinajstić information content (AvgIpc) is 2.04. The van der Waals surface area contributed by atoms with E-state index in [0.29, 0.717) is 5.92 Å². The topological polar surface area (TPSA) is 26.0 Å². The Balaban J connectivity index is 2.63. The normalized spacial score (nSPS) is 12.9. The predicted octanol–water partition coefficient (Wildman–Crippen LogP) is 2.59. The van der Waals surface area contributed by atoms with E-state index < -0.39 is 0 Å². The van der Waals surface area contributed by atoms with Crippen LogP contribution in [0.3, 0.4) is 0 Å². The van der Waals surface area contributed by atoms with Gasteiger partial charge in [-0.1, -0.05) is 35.0 Å². The lowest BCUT2D eigenvalue weighted by atomic mass is 10.0. The molecule has 2 heteroatoms. The van der Waals surface area contributed by atoms with Crippen molar-refractivity contribution in [1.29, 1.82) is 0 Å². The van der Waals surface area contributed by atoms with Crippen LogP contribution in [0.1, 0.15) is 12.5 Å². The van der Waals surface area contributed by atoms with E-state index in [4.69, 9.17) is 5.73 Å². The Hall–Kier alpha value is -0.340. The van der Waals surface area contributed by atoms with Crippen LogP contribution in [0.25, 0.3) is 0 Å². The molecule has 1 atom stereocenters. The number of halogens is 1. The molecule has 0 saturated carbocycles. The number of hydrogen-bond donors (Lipinski definition) is 1. The molecular formula is C10H14BrN. The fourth-order valence-electron chi connectivity index (χ4n) is 1.15. The maximum Gasteiger partial charge on any atom is 0.0177 e. The van der Waals surface area contributed by atoms with Gasteiger partial charge in [-0.25, -0.2) is 0 Å². The standard InChI is InChI=1S/C10H14BrN/c1-8(7-12)5-9-3-2-4-10(11)6-9/h2-4,6,8H,5,7,12H2,1H3. The molecule has 1 aromatic carbocycles. The summed E-state index contributed by atoms with van der Waals surface area (Å²) in [5.41, 5.74) is 6.90. The second-order valence-corrected chi connectivity index (χ2v) is 4.09. The molecule has 0 heterocycles. The Morgan fingerprint density at radius 3 is 2.83 bits per heavy atom. The number of benzene rings is 1. The van der Waals surface area contributed by atoms with E-state index in [1.54, 1.807) is 0 Å². The van der Waals surface area contributed by atoms with Crippen LogP contribution in [0.5, 0.6) is 0 Å². The van der Waals surface area contributed by atoms with Crippen molar-refractivity contribution in [3.8, 4) is 0 Å². The lowest BCUT2D eigenvalue weighted by molar-refractivity contribution is 0.593. The first kappa shape index (κ1) is 9.75. The third-order valence-electron chi connectivity index (χ3n) is 1.88. The van der Waals surface area contributed by atoms with Crippen LogP contribution < -0.4 is 5.73 Å². The van der Waals surface area contributed by atoms with Crippen LogP contribution in [0.2, 0.25) is 0 Å². The highest BCUT2D eigenvalue weighted by atomic mass is 79.9. The molecule has 1 aromatic rings. The van der Waals surface area contributed by atoms with Gasteiger partial charge in [0.05, 0.1) is 0 Å². The van der Waals surface area contributed by atoms with E-state index in [-0.39, 0.29) is 0 Å². The molecule has 1 unspecified atom stereocenters. The first-order chi connectivity index (χ1) is 5.72. The molecule has 0 spiro atoms. The number of hydrogen-bond acceptors (Lipinski definition) is 1. The Kier molecular flexibility index (Phi) is 3.76. The summed E-state index contributed by atoms with van der Waals surface area (Å²) in [5, 5.41) is 0. The molecule has 0 aromatic heterocycles. The van der Waals surface area contributed by atoms with Crippen LogP contribution in [0, 0.1) is 5.92 Å². The van der Waals surface area contributed by atoms with Gasteiger partial charge in [0.1, 0.15) is 0 Å². The van der Waals surface area contributed by atoms with Gasteiger partial charge in [-0.2, -0.15) is 0 Å². The smallest absolute Gasteiger partial charge is 0.0177 e. The summed E-state index contributed by atoms with van der Waals surface area (Å²) in [7, 11) is 0. The molecule has 0 aliphatic rings. The van der Waals surface area contributed by atoms with Gasteiger partial charge in [0, 0.05) is 4.47 Å². The van der Waals surface area contributed by atoms with Crippen molar-refractivity contribution in [2.24, 2.45) is 11.7 Å². The fraction of sp³-hybridized carbons (Fsp3) is 0.400. The highest BCUT2D eigenvalue weighted by Crippen LogP contribution is 2.14. The van der Waals surface area contributed by atoms with Crippen LogP contribution in [0.15, 0.2) is 28.7 Å². The molecule has 0 radical (unpaired) electrons. The Bertz CT molecular complexity index is 247. The molecule has 66 valence electrons. The maximum atomic E-state index is 5.55. The zero-order chi connectivity index (χ0) is 8.97. The molecule has 0 aliphatic carbocycles. The highest BCUT2D eigenvalue weighted by molar-refractivity contribution is 9.10. The minimum Gasteiger partial charge on any atom is -0.330 e. The van der Waals surface area contributed by atoms with Gasteiger partial charge in [0.15, 0.2) is 0 Å². The molecule has 1 rings (SSSR count). The van der Waals surface area contributed by atoms with Crippen LogP contribution in [-0.2, 0) is 6.42 Å². The molecule has 0 amide bonds. The third kappa shape index (κ3) is 2.95. The lowest BCUT2D eigenvalue weighted by Crippen LogP contribution is -2.12. The molecule has 0 saturated heterocycles. The summed E-state index contributed by atoms with van der Waals surface area (Å²) < 4.78 is 1.14. The molecule has 0 bridgehead atoms. The Morgan fingerprint density at radius 2 is 2.25 bits per heavy atom. The SMILES string of the molecule is CC(CN)Cc1cccc(Br)c1. The average molecular weight is 228 g/mol. The predicted molar refractivity (Wildman–Crippen MR) is 56.1 cm³/mol. The highest BCUT2D eigenvalue weighted by Gasteiger charge is 2.00. The van der Waals surface area contributed by atoms with Crippen molar-refractivity contribution in [2.45, 2.75) is 13.3 Å². The quantitative estimate of drug-likeness (QED) is 0.845. The van der Waals surface area contributed by atoms with E-state index in [9.17, 15) is 0 Å². The van der Waals surface area contributed by atoms with Gasteiger partial charge in [-0.3, -0.25) is 0 Å². The van der Waals surface area contributed by atoms with Crippen molar-refractivity contribution in [3.63, 3.8) is 0 Å². The summed E-state index contributed by atoms with van der Waals surface area (Å²) in [4.78, 5) is 0. The first-order valence-corrected chi connectivity index (χ1v) is 4.96. The van der Waals surface area contributed by atoms with E-state index in [1.165, 1.54) is 5.56 Å². The van der Waals surface area contributed by atoms with E-state index in [2.05, 4.69) is 41.1 Å². The molecule has 0 aliphatic heterocycles. The fourth-order valence-corrected chi connectivity index (χ4v) is 1.60. The molecule has 12 heavy (non-hydrogen) atoms. The van der Waals surface area contributed by atoms with Crippen molar-refractivity contribution in [3.05, 3.63) is 34.3 Å². The second-order valence-electron chi connectivity index (χ2n) is 3.17. The summed E-state index contributed by atoms with van der Waals surface area (Å²) in [6, 6.07) is 8.38. The lowest BCUT2D eigenvalue weighted by Gasteiger charge is -2.07. The van der Waals surface area contributed by atoms with Crippen LogP contribution in [-0.4, -0.2) is 6.54 Å². The molecule has 1 nitrogen and oxygen atoms in total. The summed E-state index contributed by atoms with van der Waals surface area (Å²) >= 11 is 3.44. The zero-order valence-corrected chi connectivity index (χ0v) is 8.84. The van der Waals surface area contributed by atoms with Crippen LogP contribution >= 0.6 is 15.9 Å². The van der Waals surface area contributed by atoms with E-state index >= 15 is 0 Å². The van der Waals surface area contributed by atoms with Crippen molar-refractivity contribution in [2.75, 3.05) is 6.54 Å². The number of nitrogens with two attached hydrogens (primary N) is 1. The largest absolute Gasteiger partial charge is 0.330 e. The van der Waals surface area contributed by atoms with Gasteiger partial charge in [-0.15, -0.1) is 0 Å². The maximum absolute atomic E-state index is 5.55. The summed E-state index contributed by atoms with van der Waals surface area (Å²) in [6.45, 7) is 2.92. The van der Waals surface area contributed by atoms with Crippen molar-refractivity contribution >= 4 is 15.9 Å². The second kappa shape index (κ2) is 4.63. The first-order valence-electron chi connectivity index (χ1n) is 4.17. The van der Waals surface area contributed by atoms with Gasteiger partial charge in [0.25, 0.3) is 0 Å². The Labute approximate surface area is 82.1 Å². The molecule has 0 fully saturated rings. The van der Waals surface area contributed by atoms with Gasteiger partial charge < -0.3 is 5.73 Å². The monoisotopic (exact) mass is 227 g/mol. The summed E-state index contributed by atoms with van der Waals surface area (Å²) in [5.74, 6) is 0.569. The van der Waals surface area contributed by atoms with E-state index in [1.807, 2.05) is 6.07 Å². The molecular weight excluding hydrogens is 214 g/mol. The van der Waals surface area contributed by atoms with Gasteiger partial charge >= 0.3 is 0 Å². The van der Waals surface area contributed by atoms with Gasteiger partial charge in [-0.05, 0) is 36.6 Å². The minimum atomic E-state index is 0.569. The van der Waals surface area contributed by atoms with Crippen LogP contribution in [0.4, 0.5) is 0 Å². The minimum absolute atomic E-state index is 0.569. The third-order valence-corrected chi connectivity index (χ3v) is 2.37. The van der Waals surface area contributed by atoms with E-state index in [0.717, 1.165) is 17.4 Å². The van der Waals surface area contributed by atoms with Crippen molar-refractivity contribution < 1.29 is 0 Å². The van der Waals surface area contributed by atoms with Crippen molar-refractivity contribution in [1.82, 2.24) is 0 Å². The summed E-state index contributed by atoms with van der Waals surface area (Å²) in [6.07, 6.45) is 1.07. The zero-order valence-electron chi connectivity index (χ0n) is 7.26. The molecule has 2 N–H and O–H groups in total. The number of rotatable bonds is 3. The van der Waals surface area contributed by atoms with Gasteiger partial charge in [0.2, 0.25) is 0 Å².